The Balaban J connectivity index is 2.20. The van der Waals surface area contributed by atoms with Crippen LogP contribution in [-0.2, 0) is 31.6 Å². The van der Waals surface area contributed by atoms with Crippen LogP contribution in [0, 0.1) is 0 Å². The third kappa shape index (κ3) is 6.69. The third-order valence-electron chi connectivity index (χ3n) is 3.25. The van der Waals surface area contributed by atoms with Gasteiger partial charge >= 0.3 is 0 Å². The standard InChI is InChI=1S/C15H17N3O7S2/c1-25-9-11-8-13(4-7-15(11)16-10-26(19,20)21)18-17-12-2-5-14(6-3-12)27(22,23)24/h2-8,16H,9-10H2,1H3,(H,19,20,21)(H,22,23,24)/b18-17+. The first kappa shape index (κ1) is 20.9. The maximum Gasteiger partial charge on any atom is 0.294 e. The second-order valence-corrected chi connectivity index (χ2v) is 8.22. The van der Waals surface area contributed by atoms with Crippen molar-refractivity contribution >= 4 is 37.3 Å². The van der Waals surface area contributed by atoms with Crippen LogP contribution in [0.5, 0.6) is 0 Å². The molecule has 10 nitrogen and oxygen atoms in total. The molecule has 0 bridgehead atoms. The minimum absolute atomic E-state index is 0.167. The Labute approximate surface area is 156 Å². The zero-order valence-corrected chi connectivity index (χ0v) is 15.7. The molecule has 0 spiro atoms. The molecule has 0 aliphatic heterocycles. The monoisotopic (exact) mass is 415 g/mol. The van der Waals surface area contributed by atoms with Crippen LogP contribution in [0.1, 0.15) is 5.56 Å². The van der Waals surface area contributed by atoms with Gasteiger partial charge in [0.1, 0.15) is 5.88 Å². The number of anilines is 1. The van der Waals surface area contributed by atoms with Gasteiger partial charge < -0.3 is 10.1 Å². The Morgan fingerprint density at radius 3 is 2.11 bits per heavy atom. The molecule has 0 aromatic heterocycles. The molecule has 27 heavy (non-hydrogen) atoms. The lowest BCUT2D eigenvalue weighted by molar-refractivity contribution is 0.185. The van der Waals surface area contributed by atoms with Gasteiger partial charge in [0, 0.05) is 18.4 Å². The van der Waals surface area contributed by atoms with Crippen molar-refractivity contribution in [3.05, 3.63) is 48.0 Å². The number of azo groups is 1. The largest absolute Gasteiger partial charge is 0.380 e. The van der Waals surface area contributed by atoms with Gasteiger partial charge in [0.25, 0.3) is 20.2 Å². The van der Waals surface area contributed by atoms with Crippen LogP contribution in [0.2, 0.25) is 0 Å². The molecule has 0 heterocycles. The second kappa shape index (κ2) is 8.54. The first-order valence-corrected chi connectivity index (χ1v) is 10.4. The quantitative estimate of drug-likeness (QED) is 0.439. The average Bonchev–Trinajstić information content (AvgIpc) is 2.58. The maximum atomic E-state index is 11.0. The second-order valence-electron chi connectivity index (χ2n) is 5.35. The van der Waals surface area contributed by atoms with E-state index in [0.717, 1.165) is 0 Å². The third-order valence-corrected chi connectivity index (χ3v) is 4.63. The van der Waals surface area contributed by atoms with Crippen molar-refractivity contribution in [2.75, 3.05) is 18.3 Å². The topological polar surface area (TPSA) is 155 Å². The van der Waals surface area contributed by atoms with E-state index < -0.39 is 26.1 Å². The summed E-state index contributed by atoms with van der Waals surface area (Å²) in [5, 5.41) is 10.6. The molecule has 0 amide bonds. The van der Waals surface area contributed by atoms with Crippen molar-refractivity contribution in [2.24, 2.45) is 10.2 Å². The molecule has 0 atom stereocenters. The minimum atomic E-state index is -4.27. The number of nitrogens with zero attached hydrogens (tertiary/aromatic N) is 2. The van der Waals surface area contributed by atoms with E-state index in [-0.39, 0.29) is 11.5 Å². The number of hydrogen-bond donors (Lipinski definition) is 3. The molecule has 2 rings (SSSR count). The molecule has 0 aliphatic carbocycles. The van der Waals surface area contributed by atoms with Crippen LogP contribution < -0.4 is 5.32 Å². The summed E-state index contributed by atoms with van der Waals surface area (Å²) in [6, 6.07) is 9.91. The van der Waals surface area contributed by atoms with Gasteiger partial charge in [0.2, 0.25) is 0 Å². The van der Waals surface area contributed by atoms with Crippen molar-refractivity contribution in [3.8, 4) is 0 Å². The van der Waals surface area contributed by atoms with Crippen LogP contribution in [0.4, 0.5) is 17.1 Å². The first-order valence-electron chi connectivity index (χ1n) is 7.39. The molecule has 0 radical (unpaired) electrons. The summed E-state index contributed by atoms with van der Waals surface area (Å²) < 4.78 is 66.5. The van der Waals surface area contributed by atoms with Crippen LogP contribution in [0.15, 0.2) is 57.6 Å². The molecule has 0 aliphatic rings. The summed E-state index contributed by atoms with van der Waals surface area (Å²) in [5.74, 6) is -0.648. The van der Waals surface area contributed by atoms with Crippen LogP contribution in [0.3, 0.4) is 0 Å². The predicted molar refractivity (Wildman–Crippen MR) is 97.6 cm³/mol. The fourth-order valence-electron chi connectivity index (χ4n) is 2.06. The normalized spacial score (nSPS) is 12.4. The van der Waals surface area contributed by atoms with E-state index in [1.54, 1.807) is 18.2 Å². The number of nitrogens with one attached hydrogen (secondary N) is 1. The highest BCUT2D eigenvalue weighted by atomic mass is 32.2. The molecule has 0 unspecified atom stereocenters. The van der Waals surface area contributed by atoms with E-state index in [9.17, 15) is 16.8 Å². The molecular weight excluding hydrogens is 398 g/mol. The zero-order chi connectivity index (χ0) is 20.1. The van der Waals surface area contributed by atoms with Gasteiger partial charge in [-0.25, -0.2) is 0 Å². The lowest BCUT2D eigenvalue weighted by Gasteiger charge is -2.11. The number of rotatable bonds is 8. The first-order chi connectivity index (χ1) is 12.6. The number of methoxy groups -OCH3 is 1. The van der Waals surface area contributed by atoms with E-state index in [4.69, 9.17) is 13.8 Å². The molecule has 2 aromatic rings. The molecule has 0 fully saturated rings. The highest BCUT2D eigenvalue weighted by molar-refractivity contribution is 7.86. The highest BCUT2D eigenvalue weighted by Gasteiger charge is 2.09. The Kier molecular flexibility index (Phi) is 6.62. The van der Waals surface area contributed by atoms with E-state index >= 15 is 0 Å². The fourth-order valence-corrected chi connectivity index (χ4v) is 2.88. The van der Waals surface area contributed by atoms with Gasteiger partial charge in [-0.3, -0.25) is 9.11 Å². The summed E-state index contributed by atoms with van der Waals surface area (Å²) in [4.78, 5) is -0.252. The number of ether oxygens (including phenoxy) is 1. The van der Waals surface area contributed by atoms with E-state index in [2.05, 4.69) is 15.5 Å². The van der Waals surface area contributed by atoms with Gasteiger partial charge in [-0.1, -0.05) is 0 Å². The smallest absolute Gasteiger partial charge is 0.294 e. The lowest BCUT2D eigenvalue weighted by Crippen LogP contribution is -2.14. The molecule has 12 heteroatoms. The van der Waals surface area contributed by atoms with Crippen LogP contribution in [0.25, 0.3) is 0 Å². The van der Waals surface area contributed by atoms with E-state index in [1.807, 2.05) is 0 Å². The molecule has 0 saturated heterocycles. The van der Waals surface area contributed by atoms with E-state index in [1.165, 1.54) is 31.4 Å². The van der Waals surface area contributed by atoms with E-state index in [0.29, 0.717) is 22.6 Å². The maximum absolute atomic E-state index is 11.0. The van der Waals surface area contributed by atoms with Gasteiger partial charge in [-0.15, -0.1) is 0 Å². The molecule has 146 valence electrons. The summed E-state index contributed by atoms with van der Waals surface area (Å²) in [6.07, 6.45) is 0. The highest BCUT2D eigenvalue weighted by Crippen LogP contribution is 2.25. The van der Waals surface area contributed by atoms with Crippen molar-refractivity contribution in [1.82, 2.24) is 0 Å². The van der Waals surface area contributed by atoms with Gasteiger partial charge in [0.05, 0.1) is 22.9 Å². The van der Waals surface area contributed by atoms with Gasteiger partial charge in [-0.2, -0.15) is 27.1 Å². The molecule has 0 saturated carbocycles. The molecule has 3 N–H and O–H groups in total. The van der Waals surface area contributed by atoms with Crippen molar-refractivity contribution in [2.45, 2.75) is 11.5 Å². The number of hydrogen-bond acceptors (Lipinski definition) is 8. The summed E-state index contributed by atoms with van der Waals surface area (Å²) in [5.41, 5.74) is 1.85. The Morgan fingerprint density at radius 2 is 1.56 bits per heavy atom. The molecular formula is C15H17N3O7S2. The lowest BCUT2D eigenvalue weighted by atomic mass is 10.1. The van der Waals surface area contributed by atoms with Gasteiger partial charge in [0.15, 0.2) is 0 Å². The SMILES string of the molecule is COCc1cc(/N=N/c2ccc(S(=O)(=O)O)cc2)ccc1NCS(=O)(=O)O. The predicted octanol–water partition coefficient (Wildman–Crippen LogP) is 2.75. The van der Waals surface area contributed by atoms with Gasteiger partial charge in [-0.05, 0) is 42.5 Å². The Morgan fingerprint density at radius 1 is 0.963 bits per heavy atom. The summed E-state index contributed by atoms with van der Waals surface area (Å²) in [6.45, 7) is 0.167. The Bertz CT molecular complexity index is 1030. The van der Waals surface area contributed by atoms with Crippen molar-refractivity contribution in [3.63, 3.8) is 0 Å². The fraction of sp³-hybridized carbons (Fsp3) is 0.200. The molecule has 2 aromatic carbocycles. The minimum Gasteiger partial charge on any atom is -0.380 e. The van der Waals surface area contributed by atoms with Crippen molar-refractivity contribution < 1.29 is 30.7 Å². The summed E-state index contributed by atoms with van der Waals surface area (Å²) in [7, 11) is -6.98. The zero-order valence-electron chi connectivity index (χ0n) is 14.1. The summed E-state index contributed by atoms with van der Waals surface area (Å²) >= 11 is 0. The van der Waals surface area contributed by atoms with Crippen LogP contribution in [-0.4, -0.2) is 38.9 Å². The van der Waals surface area contributed by atoms with Crippen molar-refractivity contribution in [1.29, 1.82) is 0 Å². The van der Waals surface area contributed by atoms with Crippen LogP contribution >= 0.6 is 0 Å². The Hall–Kier alpha value is -2.38. The average molecular weight is 415 g/mol. The number of benzene rings is 2.